The Morgan fingerprint density at radius 1 is 1.14 bits per heavy atom. The first-order valence-corrected chi connectivity index (χ1v) is 8.99. The van der Waals surface area contributed by atoms with E-state index in [1.54, 1.807) is 12.1 Å². The van der Waals surface area contributed by atoms with Gasteiger partial charge < -0.3 is 19.3 Å². The number of rotatable bonds is 7. The Kier molecular flexibility index (Phi) is 6.16. The highest BCUT2D eigenvalue weighted by atomic mass is 35.5. The van der Waals surface area contributed by atoms with Crippen molar-refractivity contribution < 1.29 is 18.8 Å². The van der Waals surface area contributed by atoms with E-state index < -0.39 is 0 Å². The Morgan fingerprint density at radius 3 is 2.54 bits per heavy atom. The number of halogens is 1. The van der Waals surface area contributed by atoms with Crippen molar-refractivity contribution >= 4 is 23.2 Å². The van der Waals surface area contributed by atoms with Gasteiger partial charge in [0.15, 0.2) is 0 Å². The molecule has 0 fully saturated rings. The molecule has 0 aliphatic heterocycles. The first kappa shape index (κ1) is 19.7. The summed E-state index contributed by atoms with van der Waals surface area (Å²) in [6, 6.07) is 11.0. The summed E-state index contributed by atoms with van der Waals surface area (Å²) in [4.78, 5) is 16.7. The summed E-state index contributed by atoms with van der Waals surface area (Å²) in [6.07, 6.45) is 0.487. The third kappa shape index (κ3) is 4.61. The van der Waals surface area contributed by atoms with Crippen molar-refractivity contribution in [3.05, 3.63) is 52.9 Å². The maximum absolute atomic E-state index is 12.3. The highest BCUT2D eigenvalue weighted by Crippen LogP contribution is 2.35. The van der Waals surface area contributed by atoms with Gasteiger partial charge in [0.1, 0.15) is 11.5 Å². The fourth-order valence-corrected chi connectivity index (χ4v) is 2.80. The maximum Gasteiger partial charge on any atom is 0.227 e. The zero-order valence-electron chi connectivity index (χ0n) is 15.8. The van der Waals surface area contributed by atoms with Crippen molar-refractivity contribution in [3.63, 3.8) is 0 Å². The van der Waals surface area contributed by atoms with Gasteiger partial charge in [0.2, 0.25) is 17.6 Å². The van der Waals surface area contributed by atoms with E-state index in [0.29, 0.717) is 40.3 Å². The maximum atomic E-state index is 12.3. The van der Waals surface area contributed by atoms with E-state index in [4.69, 9.17) is 25.6 Å². The minimum absolute atomic E-state index is 0.170. The fraction of sp³-hybridized carbons (Fsp3) is 0.250. The first-order chi connectivity index (χ1) is 13.5. The molecule has 146 valence electrons. The molecule has 1 N–H and O–H groups in total. The molecule has 7 nitrogen and oxygen atoms in total. The van der Waals surface area contributed by atoms with Gasteiger partial charge in [-0.1, -0.05) is 46.6 Å². The van der Waals surface area contributed by atoms with Crippen LogP contribution in [-0.2, 0) is 11.2 Å². The second-order valence-electron chi connectivity index (χ2n) is 6.11. The van der Waals surface area contributed by atoms with E-state index >= 15 is 0 Å². The van der Waals surface area contributed by atoms with Gasteiger partial charge in [-0.25, -0.2) is 0 Å². The second-order valence-corrected chi connectivity index (χ2v) is 6.52. The van der Waals surface area contributed by atoms with E-state index in [-0.39, 0.29) is 12.3 Å². The van der Waals surface area contributed by atoms with Crippen LogP contribution in [0.1, 0.15) is 17.9 Å². The molecule has 0 atom stereocenters. The highest BCUT2D eigenvalue weighted by molar-refractivity contribution is 6.32. The molecule has 0 spiro atoms. The molecule has 0 unspecified atom stereocenters. The van der Waals surface area contributed by atoms with Gasteiger partial charge in [0, 0.05) is 30.5 Å². The monoisotopic (exact) mass is 401 g/mol. The molecule has 0 bridgehead atoms. The summed E-state index contributed by atoms with van der Waals surface area (Å²) in [7, 11) is 3.00. The number of carbonyl (C=O) groups is 1. The van der Waals surface area contributed by atoms with Crippen LogP contribution in [0.3, 0.4) is 0 Å². The van der Waals surface area contributed by atoms with Gasteiger partial charge in [0.05, 0.1) is 24.9 Å². The number of nitrogens with one attached hydrogen (secondary N) is 1. The number of anilines is 1. The van der Waals surface area contributed by atoms with E-state index in [9.17, 15) is 4.79 Å². The summed E-state index contributed by atoms with van der Waals surface area (Å²) in [5.74, 6) is 1.56. The number of methoxy groups -OCH3 is 2. The van der Waals surface area contributed by atoms with Crippen LogP contribution in [-0.4, -0.2) is 30.3 Å². The lowest BCUT2D eigenvalue weighted by Crippen LogP contribution is -2.13. The number of hydrogen-bond donors (Lipinski definition) is 1. The topological polar surface area (TPSA) is 86.5 Å². The zero-order chi connectivity index (χ0) is 20.1. The van der Waals surface area contributed by atoms with Crippen molar-refractivity contribution in [1.29, 1.82) is 0 Å². The average Bonchev–Trinajstić information content (AvgIpc) is 3.17. The van der Waals surface area contributed by atoms with Crippen LogP contribution in [0.5, 0.6) is 11.5 Å². The largest absolute Gasteiger partial charge is 0.495 e. The van der Waals surface area contributed by atoms with Crippen molar-refractivity contribution in [1.82, 2.24) is 10.1 Å². The number of ether oxygens (including phenoxy) is 2. The summed E-state index contributed by atoms with van der Waals surface area (Å²) in [5, 5.41) is 7.15. The van der Waals surface area contributed by atoms with Gasteiger partial charge in [-0.2, -0.15) is 4.98 Å². The fourth-order valence-electron chi connectivity index (χ4n) is 2.57. The summed E-state index contributed by atoms with van der Waals surface area (Å²) in [6.45, 7) is 2.01. The number of aromatic nitrogens is 2. The summed E-state index contributed by atoms with van der Waals surface area (Å²) >= 11 is 6.07. The van der Waals surface area contributed by atoms with Crippen molar-refractivity contribution in [2.75, 3.05) is 19.5 Å². The van der Waals surface area contributed by atoms with Crippen LogP contribution >= 0.6 is 11.6 Å². The second kappa shape index (κ2) is 8.75. The van der Waals surface area contributed by atoms with Gasteiger partial charge >= 0.3 is 0 Å². The SMILES string of the molecule is COc1cc(NC(=O)CCc2nc(-c3ccc(C)cc3)no2)c(OC)cc1Cl. The number of benzene rings is 2. The van der Waals surface area contributed by atoms with Crippen molar-refractivity contribution in [2.24, 2.45) is 0 Å². The van der Waals surface area contributed by atoms with Crippen LogP contribution in [0.15, 0.2) is 40.9 Å². The smallest absolute Gasteiger partial charge is 0.227 e. The van der Waals surface area contributed by atoms with E-state index in [1.165, 1.54) is 14.2 Å². The Morgan fingerprint density at radius 2 is 1.86 bits per heavy atom. The van der Waals surface area contributed by atoms with Crippen molar-refractivity contribution in [2.45, 2.75) is 19.8 Å². The van der Waals surface area contributed by atoms with Crippen LogP contribution in [0.2, 0.25) is 5.02 Å². The van der Waals surface area contributed by atoms with Crippen LogP contribution in [0.25, 0.3) is 11.4 Å². The minimum Gasteiger partial charge on any atom is -0.495 e. The number of amides is 1. The van der Waals surface area contributed by atoms with Gasteiger partial charge in [-0.3, -0.25) is 4.79 Å². The molecule has 0 aliphatic carbocycles. The normalized spacial score (nSPS) is 10.6. The third-order valence-electron chi connectivity index (χ3n) is 4.09. The molecule has 2 aromatic carbocycles. The lowest BCUT2D eigenvalue weighted by molar-refractivity contribution is -0.116. The van der Waals surface area contributed by atoms with Crippen molar-refractivity contribution in [3.8, 4) is 22.9 Å². The standard InChI is InChI=1S/C20H20ClN3O4/c1-12-4-6-13(7-5-12)20-23-19(28-24-20)9-8-18(25)22-15-11-16(26-2)14(21)10-17(15)27-3/h4-7,10-11H,8-9H2,1-3H3,(H,22,25). The summed E-state index contributed by atoms with van der Waals surface area (Å²) < 4.78 is 15.7. The van der Waals surface area contributed by atoms with Crippen LogP contribution < -0.4 is 14.8 Å². The Bertz CT molecular complexity index is 970. The van der Waals surface area contributed by atoms with E-state index in [1.807, 2.05) is 31.2 Å². The van der Waals surface area contributed by atoms with Gasteiger partial charge in [-0.15, -0.1) is 0 Å². The van der Waals surface area contributed by atoms with E-state index in [0.717, 1.165) is 11.1 Å². The number of carbonyl (C=O) groups excluding carboxylic acids is 1. The van der Waals surface area contributed by atoms with Crippen LogP contribution in [0, 0.1) is 6.92 Å². The lowest BCUT2D eigenvalue weighted by atomic mass is 10.1. The number of hydrogen-bond acceptors (Lipinski definition) is 6. The molecule has 3 aromatic rings. The molecule has 1 heterocycles. The quantitative estimate of drug-likeness (QED) is 0.635. The first-order valence-electron chi connectivity index (χ1n) is 8.61. The molecule has 0 saturated carbocycles. The Balaban J connectivity index is 1.63. The van der Waals surface area contributed by atoms with E-state index in [2.05, 4.69) is 15.5 Å². The molecule has 1 amide bonds. The Hall–Kier alpha value is -3.06. The lowest BCUT2D eigenvalue weighted by Gasteiger charge is -2.12. The molecular formula is C20H20ClN3O4. The predicted octanol–water partition coefficient (Wildman–Crippen LogP) is 4.29. The summed E-state index contributed by atoms with van der Waals surface area (Å²) in [5.41, 5.74) is 2.49. The third-order valence-corrected chi connectivity index (χ3v) is 4.39. The van der Waals surface area contributed by atoms with Crippen LogP contribution in [0.4, 0.5) is 5.69 Å². The molecule has 0 aliphatic rings. The molecule has 0 saturated heterocycles. The molecule has 1 aromatic heterocycles. The zero-order valence-corrected chi connectivity index (χ0v) is 16.5. The average molecular weight is 402 g/mol. The molecule has 3 rings (SSSR count). The molecule has 28 heavy (non-hydrogen) atoms. The Labute approximate surface area is 167 Å². The molecule has 0 radical (unpaired) electrons. The predicted molar refractivity (Wildman–Crippen MR) is 106 cm³/mol. The molecular weight excluding hydrogens is 382 g/mol. The number of nitrogens with zero attached hydrogens (tertiary/aromatic N) is 2. The highest BCUT2D eigenvalue weighted by Gasteiger charge is 2.14. The van der Waals surface area contributed by atoms with Gasteiger partial charge in [-0.05, 0) is 6.92 Å². The number of aryl methyl sites for hydroxylation is 2. The van der Waals surface area contributed by atoms with Gasteiger partial charge in [0.25, 0.3) is 0 Å². The minimum atomic E-state index is -0.224. The molecule has 8 heteroatoms.